The Morgan fingerprint density at radius 1 is 0.676 bits per heavy atom. The Morgan fingerprint density at radius 3 is 1.76 bits per heavy atom. The minimum atomic E-state index is 0.0761. The van der Waals surface area contributed by atoms with Crippen molar-refractivity contribution in [1.29, 1.82) is 0 Å². The van der Waals surface area contributed by atoms with E-state index in [0.29, 0.717) is 24.6 Å². The molecule has 1 atom stereocenters. The molecule has 6 rings (SSSR count). The van der Waals surface area contributed by atoms with Gasteiger partial charge in [0.1, 0.15) is 19.6 Å². The fourth-order valence-electron chi connectivity index (χ4n) is 4.62. The molecular formula is C28H24NO5+. The number of ketones is 1. The third kappa shape index (κ3) is 4.16. The van der Waals surface area contributed by atoms with Crippen molar-refractivity contribution >= 4 is 17.9 Å². The first-order valence-electron chi connectivity index (χ1n) is 11.3. The standard InChI is InChI=1S/C28H23NO5/c30-28-22(10-20-6-8-24-26(12-20)33-17-31-24)15-29(14-19-4-2-1-3-5-19)16-23(28)11-21-7-9-25-27(13-21)34-18-32-25/h1-13H,14-18H2/p+1/b22-10-,23-11+. The molecule has 1 fully saturated rings. The van der Waals surface area contributed by atoms with Crippen molar-refractivity contribution in [3.05, 3.63) is 94.6 Å². The van der Waals surface area contributed by atoms with Crippen molar-refractivity contribution in [2.45, 2.75) is 6.54 Å². The lowest BCUT2D eigenvalue weighted by Gasteiger charge is -2.27. The van der Waals surface area contributed by atoms with Gasteiger partial charge in [-0.15, -0.1) is 0 Å². The molecule has 3 heterocycles. The Bertz CT molecular complexity index is 1230. The van der Waals surface area contributed by atoms with Gasteiger partial charge in [0.2, 0.25) is 13.6 Å². The van der Waals surface area contributed by atoms with Gasteiger partial charge in [0.25, 0.3) is 0 Å². The average molecular weight is 455 g/mol. The van der Waals surface area contributed by atoms with Crippen LogP contribution in [0, 0.1) is 0 Å². The molecule has 3 aromatic rings. The summed E-state index contributed by atoms with van der Waals surface area (Å²) in [4.78, 5) is 14.8. The van der Waals surface area contributed by atoms with E-state index in [1.807, 2.05) is 54.6 Å². The van der Waals surface area contributed by atoms with E-state index in [0.717, 1.165) is 40.3 Å². The molecule has 6 nitrogen and oxygen atoms in total. The Hall–Kier alpha value is -4.03. The maximum absolute atomic E-state index is 13.5. The first-order chi connectivity index (χ1) is 16.7. The summed E-state index contributed by atoms with van der Waals surface area (Å²) < 4.78 is 21.9. The number of rotatable bonds is 4. The van der Waals surface area contributed by atoms with Crippen LogP contribution < -0.4 is 23.8 Å². The number of nitrogens with one attached hydrogen (secondary N) is 1. The Kier molecular flexibility index (Phi) is 5.28. The van der Waals surface area contributed by atoms with Crippen LogP contribution in [0.4, 0.5) is 0 Å². The molecule has 3 aliphatic heterocycles. The van der Waals surface area contributed by atoms with Crippen LogP contribution in [0.25, 0.3) is 12.2 Å². The molecule has 0 aromatic heterocycles. The van der Waals surface area contributed by atoms with Crippen LogP contribution in [-0.4, -0.2) is 32.5 Å². The van der Waals surface area contributed by atoms with Crippen LogP contribution in [0.3, 0.4) is 0 Å². The van der Waals surface area contributed by atoms with Gasteiger partial charge in [-0.2, -0.15) is 0 Å². The second kappa shape index (κ2) is 8.72. The zero-order valence-electron chi connectivity index (χ0n) is 18.6. The molecule has 0 spiro atoms. The monoisotopic (exact) mass is 454 g/mol. The van der Waals surface area contributed by atoms with Gasteiger partial charge in [-0.3, -0.25) is 4.79 Å². The summed E-state index contributed by atoms with van der Waals surface area (Å²) in [5.74, 6) is 2.96. The zero-order chi connectivity index (χ0) is 22.9. The minimum absolute atomic E-state index is 0.0761. The number of ether oxygens (including phenoxy) is 4. The van der Waals surface area contributed by atoms with Gasteiger partial charge in [0.05, 0.1) is 11.1 Å². The molecule has 6 heteroatoms. The summed E-state index contributed by atoms with van der Waals surface area (Å²) in [5, 5.41) is 0. The van der Waals surface area contributed by atoms with Gasteiger partial charge in [0, 0.05) is 5.56 Å². The van der Waals surface area contributed by atoms with E-state index >= 15 is 0 Å². The predicted molar refractivity (Wildman–Crippen MR) is 127 cm³/mol. The number of hydrogen-bond donors (Lipinski definition) is 1. The molecule has 1 saturated heterocycles. The molecule has 0 saturated carbocycles. The van der Waals surface area contributed by atoms with Gasteiger partial charge in [-0.1, -0.05) is 42.5 Å². The van der Waals surface area contributed by atoms with E-state index in [1.54, 1.807) is 0 Å². The molecule has 0 aliphatic carbocycles. The highest BCUT2D eigenvalue weighted by atomic mass is 16.7. The van der Waals surface area contributed by atoms with Crippen LogP contribution >= 0.6 is 0 Å². The normalized spacial score (nSPS) is 20.8. The van der Waals surface area contributed by atoms with E-state index in [1.165, 1.54) is 10.5 Å². The summed E-state index contributed by atoms with van der Waals surface area (Å²) >= 11 is 0. The first kappa shape index (κ1) is 20.6. The van der Waals surface area contributed by atoms with Gasteiger partial charge in [-0.25, -0.2) is 0 Å². The van der Waals surface area contributed by atoms with Crippen LogP contribution in [-0.2, 0) is 11.3 Å². The average Bonchev–Trinajstić information content (AvgIpc) is 3.51. The Balaban J connectivity index is 1.34. The number of hydrogen-bond acceptors (Lipinski definition) is 5. The van der Waals surface area contributed by atoms with Crippen molar-refractivity contribution < 1.29 is 28.6 Å². The third-order valence-corrected chi connectivity index (χ3v) is 6.24. The van der Waals surface area contributed by atoms with Gasteiger partial charge in [0.15, 0.2) is 28.8 Å². The molecule has 3 aromatic carbocycles. The number of likely N-dealkylation sites (tertiary alicyclic amines) is 1. The number of benzene rings is 3. The Labute approximate surface area is 197 Å². The van der Waals surface area contributed by atoms with Gasteiger partial charge < -0.3 is 23.8 Å². The second-order valence-electron chi connectivity index (χ2n) is 8.66. The fraction of sp³-hybridized carbons (Fsp3) is 0.179. The van der Waals surface area contributed by atoms with E-state index in [2.05, 4.69) is 24.3 Å². The number of carbonyl (C=O) groups is 1. The Morgan fingerprint density at radius 2 is 1.21 bits per heavy atom. The van der Waals surface area contributed by atoms with Crippen LogP contribution in [0.5, 0.6) is 23.0 Å². The summed E-state index contributed by atoms with van der Waals surface area (Å²) in [6, 6.07) is 21.9. The molecule has 1 unspecified atom stereocenters. The lowest BCUT2D eigenvalue weighted by atomic mass is 9.93. The SMILES string of the molecule is O=C1/C(=C\c2ccc3c(c2)OCO3)C[NH+](Cc2ccccc2)C/C1=C\c1ccc2c(c1)OCO2. The molecule has 170 valence electrons. The van der Waals surface area contributed by atoms with Crippen molar-refractivity contribution in [2.75, 3.05) is 26.7 Å². The van der Waals surface area contributed by atoms with Crippen molar-refractivity contribution in [1.82, 2.24) is 0 Å². The molecule has 0 bridgehead atoms. The molecule has 0 amide bonds. The number of quaternary nitrogens is 1. The number of carbonyl (C=O) groups excluding carboxylic acids is 1. The topological polar surface area (TPSA) is 58.4 Å². The van der Waals surface area contributed by atoms with E-state index < -0.39 is 0 Å². The highest BCUT2D eigenvalue weighted by molar-refractivity contribution is 6.14. The zero-order valence-corrected chi connectivity index (χ0v) is 18.6. The highest BCUT2D eigenvalue weighted by Crippen LogP contribution is 2.34. The van der Waals surface area contributed by atoms with Gasteiger partial charge in [-0.05, 0) is 47.5 Å². The lowest BCUT2D eigenvalue weighted by Crippen LogP contribution is -3.12. The van der Waals surface area contributed by atoms with Crippen molar-refractivity contribution in [3.63, 3.8) is 0 Å². The first-order valence-corrected chi connectivity index (χ1v) is 11.3. The highest BCUT2D eigenvalue weighted by Gasteiger charge is 2.30. The summed E-state index contributed by atoms with van der Waals surface area (Å²) in [6.07, 6.45) is 3.95. The lowest BCUT2D eigenvalue weighted by molar-refractivity contribution is -0.904. The maximum Gasteiger partial charge on any atom is 0.231 e. The summed E-state index contributed by atoms with van der Waals surface area (Å²) in [6.45, 7) is 2.60. The van der Waals surface area contributed by atoms with Gasteiger partial charge >= 0.3 is 0 Å². The quantitative estimate of drug-likeness (QED) is 0.614. The molecule has 1 N–H and O–H groups in total. The predicted octanol–water partition coefficient (Wildman–Crippen LogP) is 3.28. The minimum Gasteiger partial charge on any atom is -0.454 e. The number of Topliss-reactive ketones (excluding diaryl/α,β-unsaturated/α-hetero) is 1. The largest absolute Gasteiger partial charge is 0.454 e. The van der Waals surface area contributed by atoms with E-state index in [9.17, 15) is 4.79 Å². The van der Waals surface area contributed by atoms with E-state index in [-0.39, 0.29) is 19.4 Å². The van der Waals surface area contributed by atoms with E-state index in [4.69, 9.17) is 18.9 Å². The molecular weight excluding hydrogens is 430 g/mol. The van der Waals surface area contributed by atoms with Crippen LogP contribution in [0.2, 0.25) is 0 Å². The third-order valence-electron chi connectivity index (χ3n) is 6.24. The molecule has 34 heavy (non-hydrogen) atoms. The summed E-state index contributed by atoms with van der Waals surface area (Å²) in [5.41, 5.74) is 4.66. The van der Waals surface area contributed by atoms with Crippen molar-refractivity contribution in [3.8, 4) is 23.0 Å². The molecule has 3 aliphatic rings. The smallest absolute Gasteiger partial charge is 0.231 e. The number of fused-ring (bicyclic) bond motifs is 2. The fourth-order valence-corrected chi connectivity index (χ4v) is 4.62. The van der Waals surface area contributed by atoms with Crippen molar-refractivity contribution in [2.24, 2.45) is 0 Å². The number of piperidine rings is 1. The van der Waals surface area contributed by atoms with Crippen LogP contribution in [0.1, 0.15) is 16.7 Å². The maximum atomic E-state index is 13.5. The molecule has 0 radical (unpaired) electrons. The second-order valence-corrected chi connectivity index (χ2v) is 8.66. The van der Waals surface area contributed by atoms with Crippen LogP contribution in [0.15, 0.2) is 77.9 Å². The summed E-state index contributed by atoms with van der Waals surface area (Å²) in [7, 11) is 0.